The second-order valence-corrected chi connectivity index (χ2v) is 4.15. The van der Waals surface area contributed by atoms with Crippen LogP contribution in [0.5, 0.6) is 11.5 Å². The van der Waals surface area contributed by atoms with Crippen molar-refractivity contribution < 1.29 is 24.9 Å². The zero-order valence-electron chi connectivity index (χ0n) is 10.1. The van der Waals surface area contributed by atoms with Crippen molar-refractivity contribution in [3.63, 3.8) is 0 Å². The first-order chi connectivity index (χ1) is 8.30. The number of carbonyl (C=O) groups is 2. The van der Waals surface area contributed by atoms with Crippen LogP contribution < -0.4 is 5.32 Å². The molecule has 0 fully saturated rings. The molecule has 0 aliphatic heterocycles. The highest BCUT2D eigenvalue weighted by Crippen LogP contribution is 2.25. The van der Waals surface area contributed by atoms with Crippen molar-refractivity contribution in [3.8, 4) is 11.5 Å². The summed E-state index contributed by atoms with van der Waals surface area (Å²) in [6.45, 7) is 3.04. The number of hydrogen-bond acceptors (Lipinski definition) is 4. The average Bonchev–Trinajstić information content (AvgIpc) is 2.32. The number of aliphatic carboxylic acids is 1. The van der Waals surface area contributed by atoms with Crippen molar-refractivity contribution in [2.75, 3.05) is 0 Å². The molecule has 6 nitrogen and oxygen atoms in total. The van der Waals surface area contributed by atoms with Crippen LogP contribution in [0.1, 0.15) is 30.6 Å². The van der Waals surface area contributed by atoms with Gasteiger partial charge in [-0.2, -0.15) is 0 Å². The Kier molecular flexibility index (Phi) is 3.80. The van der Waals surface area contributed by atoms with Gasteiger partial charge in [-0.25, -0.2) is 4.79 Å². The molecule has 0 saturated heterocycles. The minimum atomic E-state index is -1.37. The molecule has 4 N–H and O–H groups in total. The number of carboxylic acids is 1. The summed E-state index contributed by atoms with van der Waals surface area (Å²) in [5, 5.41) is 29.8. The van der Waals surface area contributed by atoms with Crippen LogP contribution in [0.2, 0.25) is 0 Å². The standard InChI is InChI=1S/C12H15NO5/c1-3-12(2,11(17)18)13-10(16)7-4-5-8(14)9(15)6-7/h4-6,14-15H,3H2,1-2H3,(H,13,16)(H,17,18). The fourth-order valence-corrected chi connectivity index (χ4v) is 1.28. The van der Waals surface area contributed by atoms with Gasteiger partial charge < -0.3 is 20.6 Å². The lowest BCUT2D eigenvalue weighted by molar-refractivity contribution is -0.143. The Hall–Kier alpha value is -2.24. The van der Waals surface area contributed by atoms with E-state index in [0.717, 1.165) is 12.1 Å². The number of carbonyl (C=O) groups excluding carboxylic acids is 1. The lowest BCUT2D eigenvalue weighted by atomic mass is 9.98. The third kappa shape index (κ3) is 2.71. The zero-order chi connectivity index (χ0) is 13.9. The van der Waals surface area contributed by atoms with Crippen molar-refractivity contribution in [3.05, 3.63) is 23.8 Å². The van der Waals surface area contributed by atoms with Crippen molar-refractivity contribution >= 4 is 11.9 Å². The van der Waals surface area contributed by atoms with E-state index in [2.05, 4.69) is 5.32 Å². The average molecular weight is 253 g/mol. The maximum absolute atomic E-state index is 11.8. The van der Waals surface area contributed by atoms with Gasteiger partial charge in [0.05, 0.1) is 0 Å². The van der Waals surface area contributed by atoms with Gasteiger partial charge in [-0.3, -0.25) is 4.79 Å². The van der Waals surface area contributed by atoms with Crippen molar-refractivity contribution in [2.24, 2.45) is 0 Å². The minimum absolute atomic E-state index is 0.0752. The Morgan fingerprint density at radius 3 is 2.33 bits per heavy atom. The smallest absolute Gasteiger partial charge is 0.329 e. The second-order valence-electron chi connectivity index (χ2n) is 4.15. The summed E-state index contributed by atoms with van der Waals surface area (Å²) < 4.78 is 0. The highest BCUT2D eigenvalue weighted by molar-refractivity contribution is 5.98. The number of hydrogen-bond donors (Lipinski definition) is 4. The number of phenolic OH excluding ortho intramolecular Hbond substituents is 2. The number of benzene rings is 1. The Morgan fingerprint density at radius 1 is 1.28 bits per heavy atom. The van der Waals surface area contributed by atoms with Crippen LogP contribution in [-0.2, 0) is 4.79 Å². The summed E-state index contributed by atoms with van der Waals surface area (Å²) in [7, 11) is 0. The van der Waals surface area contributed by atoms with Crippen molar-refractivity contribution in [1.29, 1.82) is 0 Å². The van der Waals surface area contributed by atoms with Gasteiger partial charge in [-0.15, -0.1) is 0 Å². The van der Waals surface area contributed by atoms with Gasteiger partial charge in [-0.1, -0.05) is 6.92 Å². The molecule has 98 valence electrons. The molecule has 0 radical (unpaired) electrons. The summed E-state index contributed by atoms with van der Waals surface area (Å²) in [5.74, 6) is -2.54. The van der Waals surface area contributed by atoms with E-state index in [0.29, 0.717) is 0 Å². The highest BCUT2D eigenvalue weighted by Gasteiger charge is 2.33. The molecular formula is C12H15NO5. The topological polar surface area (TPSA) is 107 Å². The van der Waals surface area contributed by atoms with E-state index in [4.69, 9.17) is 10.2 Å². The molecule has 0 heterocycles. The predicted octanol–water partition coefficient (Wildman–Crippen LogP) is 1.08. The van der Waals surface area contributed by atoms with Crippen LogP contribution in [-0.4, -0.2) is 32.7 Å². The summed E-state index contributed by atoms with van der Waals surface area (Å²) in [6.07, 6.45) is 0.220. The third-order valence-corrected chi connectivity index (χ3v) is 2.81. The molecule has 0 aromatic heterocycles. The monoisotopic (exact) mass is 253 g/mol. The Labute approximate surface area is 104 Å². The van der Waals surface area contributed by atoms with E-state index in [1.54, 1.807) is 6.92 Å². The van der Waals surface area contributed by atoms with Crippen LogP contribution in [0.4, 0.5) is 0 Å². The third-order valence-electron chi connectivity index (χ3n) is 2.81. The molecule has 1 amide bonds. The van der Waals surface area contributed by atoms with Crippen LogP contribution >= 0.6 is 0 Å². The summed E-state index contributed by atoms with van der Waals surface area (Å²) in [4.78, 5) is 22.9. The van der Waals surface area contributed by atoms with E-state index in [1.807, 2.05) is 0 Å². The number of nitrogens with one attached hydrogen (secondary N) is 1. The lowest BCUT2D eigenvalue weighted by Crippen LogP contribution is -2.51. The summed E-state index contributed by atoms with van der Waals surface area (Å²) >= 11 is 0. The molecule has 1 rings (SSSR count). The number of aromatic hydroxyl groups is 2. The maximum atomic E-state index is 11.8. The molecule has 0 aliphatic carbocycles. The molecule has 0 spiro atoms. The first-order valence-corrected chi connectivity index (χ1v) is 5.38. The lowest BCUT2D eigenvalue weighted by Gasteiger charge is -2.24. The number of rotatable bonds is 4. The molecule has 1 aromatic rings. The quantitative estimate of drug-likeness (QED) is 0.601. The van der Waals surface area contributed by atoms with Crippen LogP contribution in [0.3, 0.4) is 0 Å². The molecule has 0 aliphatic rings. The van der Waals surface area contributed by atoms with E-state index in [-0.39, 0.29) is 17.7 Å². The van der Waals surface area contributed by atoms with Gasteiger partial charge >= 0.3 is 5.97 Å². The molecule has 18 heavy (non-hydrogen) atoms. The predicted molar refractivity (Wildman–Crippen MR) is 63.6 cm³/mol. The van der Waals surface area contributed by atoms with Crippen LogP contribution in [0.25, 0.3) is 0 Å². The van der Waals surface area contributed by atoms with Gasteiger partial charge in [0.15, 0.2) is 11.5 Å². The van der Waals surface area contributed by atoms with Crippen molar-refractivity contribution in [2.45, 2.75) is 25.8 Å². The summed E-state index contributed by atoms with van der Waals surface area (Å²) in [6, 6.07) is 3.53. The zero-order valence-corrected chi connectivity index (χ0v) is 10.1. The van der Waals surface area contributed by atoms with Crippen LogP contribution in [0, 0.1) is 0 Å². The second kappa shape index (κ2) is 4.95. The molecule has 1 atom stereocenters. The molecule has 0 saturated carbocycles. The Balaban J connectivity index is 2.95. The highest BCUT2D eigenvalue weighted by atomic mass is 16.4. The van der Waals surface area contributed by atoms with Crippen LogP contribution in [0.15, 0.2) is 18.2 Å². The molecule has 0 bridgehead atoms. The fraction of sp³-hybridized carbons (Fsp3) is 0.333. The number of phenols is 2. The first-order valence-electron chi connectivity index (χ1n) is 5.38. The van der Waals surface area contributed by atoms with Gasteiger partial charge in [0.1, 0.15) is 5.54 Å². The SMILES string of the molecule is CCC(C)(NC(=O)c1ccc(O)c(O)c1)C(=O)O. The number of amides is 1. The largest absolute Gasteiger partial charge is 0.504 e. The molecule has 1 unspecified atom stereocenters. The van der Waals surface area contributed by atoms with Gasteiger partial charge in [-0.05, 0) is 31.5 Å². The van der Waals surface area contributed by atoms with Gasteiger partial charge in [0.2, 0.25) is 0 Å². The molecular weight excluding hydrogens is 238 g/mol. The van der Waals surface area contributed by atoms with E-state index < -0.39 is 23.2 Å². The van der Waals surface area contributed by atoms with Gasteiger partial charge in [0.25, 0.3) is 5.91 Å². The Morgan fingerprint density at radius 2 is 1.89 bits per heavy atom. The number of carboxylic acid groups (broad SMARTS) is 1. The van der Waals surface area contributed by atoms with Gasteiger partial charge in [0, 0.05) is 5.56 Å². The normalized spacial score (nSPS) is 13.7. The van der Waals surface area contributed by atoms with E-state index in [9.17, 15) is 14.7 Å². The minimum Gasteiger partial charge on any atom is -0.504 e. The summed E-state index contributed by atoms with van der Waals surface area (Å²) in [5.41, 5.74) is -1.30. The first kappa shape index (κ1) is 13.8. The molecule has 1 aromatic carbocycles. The fourth-order valence-electron chi connectivity index (χ4n) is 1.28. The maximum Gasteiger partial charge on any atom is 0.329 e. The van der Waals surface area contributed by atoms with E-state index in [1.165, 1.54) is 13.0 Å². The van der Waals surface area contributed by atoms with E-state index >= 15 is 0 Å². The Bertz CT molecular complexity index is 485. The molecule has 6 heteroatoms. The van der Waals surface area contributed by atoms with Crippen molar-refractivity contribution in [1.82, 2.24) is 5.32 Å².